The van der Waals surface area contributed by atoms with E-state index in [0.717, 1.165) is 5.56 Å². The molecule has 6 nitrogen and oxygen atoms in total. The molecule has 0 spiro atoms. The first-order chi connectivity index (χ1) is 12.2. The summed E-state index contributed by atoms with van der Waals surface area (Å²) in [5.74, 6) is 0.921. The third kappa shape index (κ3) is 3.28. The van der Waals surface area contributed by atoms with Crippen LogP contribution in [0.5, 0.6) is 0 Å². The molecule has 4 aromatic rings. The van der Waals surface area contributed by atoms with Gasteiger partial charge < -0.3 is 14.2 Å². The summed E-state index contributed by atoms with van der Waals surface area (Å²) in [6.45, 7) is 1.78. The molecule has 0 fully saturated rings. The smallest absolute Gasteiger partial charge is 0.230 e. The van der Waals surface area contributed by atoms with Gasteiger partial charge in [0.05, 0.1) is 12.1 Å². The van der Waals surface area contributed by atoms with Gasteiger partial charge in [0.1, 0.15) is 11.8 Å². The van der Waals surface area contributed by atoms with Crippen molar-refractivity contribution in [2.75, 3.05) is 5.32 Å². The molecule has 0 unspecified atom stereocenters. The van der Waals surface area contributed by atoms with Crippen molar-refractivity contribution >= 4 is 22.7 Å². The molecule has 2 aromatic carbocycles. The first kappa shape index (κ1) is 15.1. The average Bonchev–Trinajstić information content (AvgIpc) is 3.21. The molecule has 0 saturated carbocycles. The van der Waals surface area contributed by atoms with E-state index in [-0.39, 0.29) is 12.3 Å². The van der Waals surface area contributed by atoms with E-state index in [1.165, 1.54) is 6.26 Å². The highest BCUT2D eigenvalue weighted by atomic mass is 16.3. The van der Waals surface area contributed by atoms with Crippen molar-refractivity contribution in [1.29, 1.82) is 0 Å². The molecule has 1 amide bonds. The second-order valence-corrected chi connectivity index (χ2v) is 5.65. The van der Waals surface area contributed by atoms with Gasteiger partial charge in [-0.15, -0.1) is 0 Å². The van der Waals surface area contributed by atoms with Gasteiger partial charge >= 0.3 is 0 Å². The fourth-order valence-electron chi connectivity index (χ4n) is 2.59. The van der Waals surface area contributed by atoms with Crippen molar-refractivity contribution in [3.05, 3.63) is 66.4 Å². The van der Waals surface area contributed by atoms with Gasteiger partial charge in [0.2, 0.25) is 11.8 Å². The number of rotatable bonds is 4. The number of carbonyl (C=O) groups is 1. The molecule has 4 rings (SSSR count). The number of hydrogen-bond donors (Lipinski definition) is 1. The van der Waals surface area contributed by atoms with Gasteiger partial charge in [-0.25, -0.2) is 9.97 Å². The minimum atomic E-state index is -0.174. The van der Waals surface area contributed by atoms with E-state index in [4.69, 9.17) is 8.83 Å². The Bertz CT molecular complexity index is 1030. The molecule has 124 valence electrons. The number of carbonyl (C=O) groups excluding carboxylic acids is 1. The minimum Gasteiger partial charge on any atom is -0.444 e. The lowest BCUT2D eigenvalue weighted by molar-refractivity contribution is -0.115. The van der Waals surface area contributed by atoms with Crippen molar-refractivity contribution in [1.82, 2.24) is 9.97 Å². The van der Waals surface area contributed by atoms with Crippen molar-refractivity contribution in [3.63, 3.8) is 0 Å². The zero-order valence-electron chi connectivity index (χ0n) is 13.5. The van der Waals surface area contributed by atoms with Gasteiger partial charge in [0, 0.05) is 18.2 Å². The third-order valence-electron chi connectivity index (χ3n) is 3.69. The summed E-state index contributed by atoms with van der Waals surface area (Å²) >= 11 is 0. The predicted molar refractivity (Wildman–Crippen MR) is 93.0 cm³/mol. The Morgan fingerprint density at radius 2 is 1.96 bits per heavy atom. The van der Waals surface area contributed by atoms with Crippen LogP contribution >= 0.6 is 0 Å². The average molecular weight is 333 g/mol. The lowest BCUT2D eigenvalue weighted by Gasteiger charge is -2.03. The van der Waals surface area contributed by atoms with Crippen LogP contribution in [0.3, 0.4) is 0 Å². The van der Waals surface area contributed by atoms with E-state index in [9.17, 15) is 4.79 Å². The summed E-state index contributed by atoms with van der Waals surface area (Å²) in [4.78, 5) is 20.8. The molecule has 0 saturated heterocycles. The van der Waals surface area contributed by atoms with Gasteiger partial charge in [-0.05, 0) is 30.3 Å². The van der Waals surface area contributed by atoms with Gasteiger partial charge in [0.15, 0.2) is 11.5 Å². The number of nitrogens with one attached hydrogen (secondary N) is 1. The van der Waals surface area contributed by atoms with E-state index >= 15 is 0 Å². The van der Waals surface area contributed by atoms with Crippen LogP contribution in [0.2, 0.25) is 0 Å². The number of hydrogen-bond acceptors (Lipinski definition) is 5. The zero-order chi connectivity index (χ0) is 17.2. The van der Waals surface area contributed by atoms with Crippen molar-refractivity contribution in [2.24, 2.45) is 0 Å². The first-order valence-corrected chi connectivity index (χ1v) is 7.84. The molecule has 25 heavy (non-hydrogen) atoms. The first-order valence-electron chi connectivity index (χ1n) is 7.84. The molecule has 1 N–H and O–H groups in total. The maximum atomic E-state index is 12.2. The summed E-state index contributed by atoms with van der Waals surface area (Å²) < 4.78 is 10.9. The largest absolute Gasteiger partial charge is 0.444 e. The quantitative estimate of drug-likeness (QED) is 0.611. The lowest BCUT2D eigenvalue weighted by atomic mass is 10.2. The highest BCUT2D eigenvalue weighted by Gasteiger charge is 2.11. The molecule has 0 aliphatic carbocycles. The van der Waals surface area contributed by atoms with Crippen LogP contribution in [-0.2, 0) is 11.2 Å². The van der Waals surface area contributed by atoms with Crippen LogP contribution in [0.4, 0.5) is 5.69 Å². The number of oxazole rings is 2. The van der Waals surface area contributed by atoms with Crippen LogP contribution in [0.1, 0.15) is 11.6 Å². The van der Waals surface area contributed by atoms with Crippen molar-refractivity contribution < 1.29 is 13.6 Å². The summed E-state index contributed by atoms with van der Waals surface area (Å²) in [7, 11) is 0. The number of nitrogens with zero attached hydrogens (tertiary/aromatic N) is 2. The molecule has 2 heterocycles. The van der Waals surface area contributed by atoms with Crippen LogP contribution in [0.25, 0.3) is 22.6 Å². The van der Waals surface area contributed by atoms with Crippen LogP contribution in [-0.4, -0.2) is 15.9 Å². The molecule has 0 bridgehead atoms. The van der Waals surface area contributed by atoms with Gasteiger partial charge in [-0.2, -0.15) is 0 Å². The standard InChI is InChI=1S/C19H15N3O3/c1-12-20-16-9-14(7-8-17(16)25-12)21-18(23)10-15-11-24-19(22-15)13-5-3-2-4-6-13/h2-9,11H,10H2,1H3,(H,21,23). The molecule has 2 aromatic heterocycles. The van der Waals surface area contributed by atoms with Crippen molar-refractivity contribution in [3.8, 4) is 11.5 Å². The number of anilines is 1. The number of aromatic nitrogens is 2. The van der Waals surface area contributed by atoms with Crippen LogP contribution < -0.4 is 5.32 Å². The monoisotopic (exact) mass is 333 g/mol. The van der Waals surface area contributed by atoms with E-state index < -0.39 is 0 Å². The van der Waals surface area contributed by atoms with Crippen LogP contribution in [0, 0.1) is 6.92 Å². The van der Waals surface area contributed by atoms with Crippen LogP contribution in [0.15, 0.2) is 63.6 Å². The maximum absolute atomic E-state index is 12.2. The number of benzene rings is 2. The van der Waals surface area contributed by atoms with Gasteiger partial charge in [-0.1, -0.05) is 18.2 Å². The maximum Gasteiger partial charge on any atom is 0.230 e. The SMILES string of the molecule is Cc1nc2cc(NC(=O)Cc3coc(-c4ccccc4)n3)ccc2o1. The lowest BCUT2D eigenvalue weighted by Crippen LogP contribution is -2.14. The fraction of sp³-hybridized carbons (Fsp3) is 0.105. The number of fused-ring (bicyclic) bond motifs is 1. The second-order valence-electron chi connectivity index (χ2n) is 5.65. The third-order valence-corrected chi connectivity index (χ3v) is 3.69. The fourth-order valence-corrected chi connectivity index (χ4v) is 2.59. The summed E-state index contributed by atoms with van der Waals surface area (Å²) in [6, 6.07) is 14.9. The summed E-state index contributed by atoms with van der Waals surface area (Å²) in [5.41, 5.74) is 3.52. The van der Waals surface area contributed by atoms with E-state index in [1.807, 2.05) is 30.3 Å². The molecular weight excluding hydrogens is 318 g/mol. The van der Waals surface area contributed by atoms with E-state index in [0.29, 0.717) is 34.3 Å². The Kier molecular flexibility index (Phi) is 3.78. The summed E-state index contributed by atoms with van der Waals surface area (Å²) in [6.07, 6.45) is 1.64. The number of aryl methyl sites for hydroxylation is 1. The highest BCUT2D eigenvalue weighted by Crippen LogP contribution is 2.21. The topological polar surface area (TPSA) is 81.2 Å². The minimum absolute atomic E-state index is 0.131. The van der Waals surface area contributed by atoms with E-state index in [1.54, 1.807) is 25.1 Å². The second kappa shape index (κ2) is 6.24. The Morgan fingerprint density at radius 1 is 1.12 bits per heavy atom. The number of amides is 1. The molecule has 0 radical (unpaired) electrons. The molecule has 6 heteroatoms. The Hall–Kier alpha value is -3.41. The Labute approximate surface area is 143 Å². The Balaban J connectivity index is 1.45. The van der Waals surface area contributed by atoms with Gasteiger partial charge in [-0.3, -0.25) is 4.79 Å². The molecule has 0 atom stereocenters. The van der Waals surface area contributed by atoms with Gasteiger partial charge in [0.25, 0.3) is 0 Å². The molecule has 0 aliphatic rings. The van der Waals surface area contributed by atoms with E-state index in [2.05, 4.69) is 15.3 Å². The summed E-state index contributed by atoms with van der Waals surface area (Å²) in [5, 5.41) is 2.84. The molecule has 0 aliphatic heterocycles. The Morgan fingerprint density at radius 3 is 2.80 bits per heavy atom. The highest BCUT2D eigenvalue weighted by molar-refractivity contribution is 5.93. The normalized spacial score (nSPS) is 10.9. The molecular formula is C19H15N3O3. The van der Waals surface area contributed by atoms with Crippen molar-refractivity contribution in [2.45, 2.75) is 13.3 Å². The zero-order valence-corrected chi connectivity index (χ0v) is 13.5. The predicted octanol–water partition coefficient (Wildman–Crippen LogP) is 3.97.